The van der Waals surface area contributed by atoms with Crippen LogP contribution in [0.1, 0.15) is 48.2 Å². The van der Waals surface area contributed by atoms with Crippen molar-refractivity contribution in [1.29, 1.82) is 0 Å². The van der Waals surface area contributed by atoms with Crippen LogP contribution >= 0.6 is 0 Å². The molecular weight excluding hydrogens is 306 g/mol. The van der Waals surface area contributed by atoms with Gasteiger partial charge in [0.25, 0.3) is 5.91 Å². The Balaban J connectivity index is 1.74. The maximum Gasteiger partial charge on any atom is 0.305 e. The van der Waals surface area contributed by atoms with Crippen LogP contribution in [-0.2, 0) is 4.79 Å². The maximum absolute atomic E-state index is 12.5. The first-order valence-corrected chi connectivity index (χ1v) is 8.14. The smallest absolute Gasteiger partial charge is 0.305 e. The molecule has 2 N–H and O–H groups in total. The van der Waals surface area contributed by atoms with Crippen LogP contribution in [0.4, 0.5) is 0 Å². The van der Waals surface area contributed by atoms with Crippen LogP contribution in [0.3, 0.4) is 0 Å². The van der Waals surface area contributed by atoms with Crippen molar-refractivity contribution in [2.45, 2.75) is 44.6 Å². The molecule has 0 bridgehead atoms. The average Bonchev–Trinajstić information content (AvgIpc) is 3.16. The van der Waals surface area contributed by atoms with Crippen molar-refractivity contribution in [2.24, 2.45) is 0 Å². The van der Waals surface area contributed by atoms with Gasteiger partial charge in [-0.15, -0.1) is 0 Å². The number of amides is 1. The monoisotopic (exact) mass is 327 g/mol. The van der Waals surface area contributed by atoms with Crippen molar-refractivity contribution in [3.63, 3.8) is 0 Å². The second-order valence-corrected chi connectivity index (χ2v) is 6.46. The van der Waals surface area contributed by atoms with E-state index in [1.54, 1.807) is 16.8 Å². The molecule has 1 aliphatic carbocycles. The van der Waals surface area contributed by atoms with E-state index in [9.17, 15) is 9.59 Å². The number of aromatic nitrogens is 2. The van der Waals surface area contributed by atoms with E-state index in [4.69, 9.17) is 5.11 Å². The molecule has 1 saturated carbocycles. The topological polar surface area (TPSA) is 84.2 Å². The van der Waals surface area contributed by atoms with Crippen LogP contribution in [0.15, 0.2) is 36.5 Å². The first-order chi connectivity index (χ1) is 11.5. The summed E-state index contributed by atoms with van der Waals surface area (Å²) in [6.45, 7) is 1.92. The number of nitrogens with zero attached hydrogens (tertiary/aromatic N) is 2. The first kappa shape index (κ1) is 16.2. The van der Waals surface area contributed by atoms with Crippen molar-refractivity contribution < 1.29 is 14.7 Å². The summed E-state index contributed by atoms with van der Waals surface area (Å²) in [5.41, 5.74) is 1.72. The number of aryl methyl sites for hydroxylation is 1. The summed E-state index contributed by atoms with van der Waals surface area (Å²) in [4.78, 5) is 23.6. The molecule has 0 aliphatic heterocycles. The zero-order valence-electron chi connectivity index (χ0n) is 13.7. The largest absolute Gasteiger partial charge is 0.481 e. The fraction of sp³-hybridized carbons (Fsp3) is 0.389. The van der Waals surface area contributed by atoms with Gasteiger partial charge in [0.2, 0.25) is 0 Å². The van der Waals surface area contributed by atoms with E-state index in [0.29, 0.717) is 5.56 Å². The zero-order valence-corrected chi connectivity index (χ0v) is 13.7. The van der Waals surface area contributed by atoms with Gasteiger partial charge in [-0.25, -0.2) is 4.68 Å². The molecule has 1 heterocycles. The minimum absolute atomic E-state index is 0.0244. The second-order valence-electron chi connectivity index (χ2n) is 6.46. The number of hydrogen-bond acceptors (Lipinski definition) is 3. The predicted octanol–water partition coefficient (Wildman–Crippen LogP) is 2.70. The Labute approximate surface area is 140 Å². The number of carboxylic acids is 1. The molecule has 6 heteroatoms. The zero-order chi connectivity index (χ0) is 17.2. The summed E-state index contributed by atoms with van der Waals surface area (Å²) in [5.74, 6) is -1.09. The molecule has 0 saturated heterocycles. The molecular formula is C18H21N3O3. The minimum Gasteiger partial charge on any atom is -0.481 e. The van der Waals surface area contributed by atoms with Crippen molar-refractivity contribution in [3.8, 4) is 5.69 Å². The Kier molecular flexibility index (Phi) is 4.38. The van der Waals surface area contributed by atoms with E-state index < -0.39 is 11.5 Å². The highest BCUT2D eigenvalue weighted by atomic mass is 16.4. The molecule has 0 atom stereocenters. The average molecular weight is 327 g/mol. The Bertz CT molecular complexity index is 743. The van der Waals surface area contributed by atoms with Crippen LogP contribution in [0.2, 0.25) is 0 Å². The number of rotatable bonds is 5. The number of nitrogens with one attached hydrogen (secondary N) is 1. The van der Waals surface area contributed by atoms with Gasteiger partial charge in [-0.1, -0.05) is 12.8 Å². The summed E-state index contributed by atoms with van der Waals surface area (Å²) >= 11 is 0. The SMILES string of the molecule is Cc1ccn(-c2ccc(C(=O)NC3(CC(=O)O)CCCC3)cc2)n1. The normalized spacial score (nSPS) is 16.0. The Morgan fingerprint density at radius 2 is 1.88 bits per heavy atom. The number of carbonyl (C=O) groups is 2. The third-order valence-electron chi connectivity index (χ3n) is 4.55. The molecule has 1 aliphatic rings. The molecule has 24 heavy (non-hydrogen) atoms. The lowest BCUT2D eigenvalue weighted by atomic mass is 9.92. The van der Waals surface area contributed by atoms with Crippen molar-refractivity contribution >= 4 is 11.9 Å². The highest BCUT2D eigenvalue weighted by Crippen LogP contribution is 2.33. The van der Waals surface area contributed by atoms with E-state index in [0.717, 1.165) is 37.1 Å². The summed E-state index contributed by atoms with van der Waals surface area (Å²) in [6.07, 6.45) is 5.18. The van der Waals surface area contributed by atoms with Gasteiger partial charge in [0, 0.05) is 11.8 Å². The Morgan fingerprint density at radius 1 is 1.21 bits per heavy atom. The third-order valence-corrected chi connectivity index (χ3v) is 4.55. The molecule has 0 unspecified atom stereocenters. The minimum atomic E-state index is -0.874. The van der Waals surface area contributed by atoms with Crippen molar-refractivity contribution in [3.05, 3.63) is 47.8 Å². The highest BCUT2D eigenvalue weighted by molar-refractivity contribution is 5.95. The van der Waals surface area contributed by atoms with Gasteiger partial charge in [0.1, 0.15) is 0 Å². The molecule has 1 fully saturated rings. The van der Waals surface area contributed by atoms with Gasteiger partial charge in [-0.05, 0) is 50.1 Å². The quantitative estimate of drug-likeness (QED) is 0.884. The van der Waals surface area contributed by atoms with Crippen molar-refractivity contribution in [2.75, 3.05) is 0 Å². The van der Waals surface area contributed by atoms with Crippen LogP contribution in [0.25, 0.3) is 5.69 Å². The molecule has 3 rings (SSSR count). The fourth-order valence-corrected chi connectivity index (χ4v) is 3.32. The number of carboxylic acid groups (broad SMARTS) is 1. The highest BCUT2D eigenvalue weighted by Gasteiger charge is 2.37. The van der Waals surface area contributed by atoms with Crippen LogP contribution < -0.4 is 5.32 Å². The van der Waals surface area contributed by atoms with E-state index in [2.05, 4.69) is 10.4 Å². The van der Waals surface area contributed by atoms with Crippen LogP contribution in [-0.4, -0.2) is 32.3 Å². The number of aliphatic carboxylic acids is 1. The molecule has 6 nitrogen and oxygen atoms in total. The van der Waals surface area contributed by atoms with Crippen LogP contribution in [0, 0.1) is 6.92 Å². The number of benzene rings is 1. The van der Waals surface area contributed by atoms with Gasteiger partial charge in [-0.3, -0.25) is 9.59 Å². The fourth-order valence-electron chi connectivity index (χ4n) is 3.32. The lowest BCUT2D eigenvalue weighted by Crippen LogP contribution is -2.47. The Hall–Kier alpha value is -2.63. The maximum atomic E-state index is 12.5. The van der Waals surface area contributed by atoms with E-state index >= 15 is 0 Å². The van der Waals surface area contributed by atoms with Gasteiger partial charge in [0.15, 0.2) is 0 Å². The van der Waals surface area contributed by atoms with Gasteiger partial charge in [-0.2, -0.15) is 5.10 Å². The molecule has 0 radical (unpaired) electrons. The van der Waals surface area contributed by atoms with E-state index in [1.807, 2.05) is 31.3 Å². The van der Waals surface area contributed by atoms with E-state index in [-0.39, 0.29) is 12.3 Å². The summed E-state index contributed by atoms with van der Waals surface area (Å²) in [7, 11) is 0. The van der Waals surface area contributed by atoms with E-state index in [1.165, 1.54) is 0 Å². The summed E-state index contributed by atoms with van der Waals surface area (Å²) < 4.78 is 1.75. The number of carbonyl (C=O) groups excluding carboxylic acids is 1. The lowest BCUT2D eigenvalue weighted by Gasteiger charge is -2.28. The summed E-state index contributed by atoms with van der Waals surface area (Å²) in [6, 6.07) is 9.06. The second kappa shape index (κ2) is 6.47. The van der Waals surface area contributed by atoms with Gasteiger partial charge in [0.05, 0.1) is 23.3 Å². The number of hydrogen-bond donors (Lipinski definition) is 2. The molecule has 1 amide bonds. The molecule has 1 aromatic heterocycles. The first-order valence-electron chi connectivity index (χ1n) is 8.14. The molecule has 1 aromatic carbocycles. The lowest BCUT2D eigenvalue weighted by molar-refractivity contribution is -0.138. The predicted molar refractivity (Wildman–Crippen MR) is 89.2 cm³/mol. The third kappa shape index (κ3) is 3.48. The molecule has 126 valence electrons. The van der Waals surface area contributed by atoms with Gasteiger partial charge >= 0.3 is 5.97 Å². The Morgan fingerprint density at radius 3 is 2.42 bits per heavy atom. The molecule has 2 aromatic rings. The van der Waals surface area contributed by atoms with Gasteiger partial charge < -0.3 is 10.4 Å². The van der Waals surface area contributed by atoms with Crippen LogP contribution in [0.5, 0.6) is 0 Å². The molecule has 0 spiro atoms. The summed E-state index contributed by atoms with van der Waals surface area (Å²) in [5, 5.41) is 16.4. The standard InChI is InChI=1S/C18H21N3O3/c1-13-8-11-21(20-13)15-6-4-14(5-7-15)17(24)19-18(12-16(22)23)9-2-3-10-18/h4-8,11H,2-3,9-10,12H2,1H3,(H,19,24)(H,22,23). The van der Waals surface area contributed by atoms with Crippen molar-refractivity contribution in [1.82, 2.24) is 15.1 Å².